The normalized spacial score (nSPS) is 11.3. The lowest BCUT2D eigenvalue weighted by molar-refractivity contribution is 0.390. The van der Waals surface area contributed by atoms with Crippen LogP contribution in [0.25, 0.3) is 0 Å². The van der Waals surface area contributed by atoms with E-state index in [1.54, 1.807) is 14.2 Å². The fourth-order valence-corrected chi connectivity index (χ4v) is 2.46. The van der Waals surface area contributed by atoms with Crippen LogP contribution in [-0.4, -0.2) is 14.2 Å². The van der Waals surface area contributed by atoms with Crippen molar-refractivity contribution in [3.63, 3.8) is 0 Å². The molecule has 0 aliphatic rings. The Bertz CT molecular complexity index is 627. The second-order valence-corrected chi connectivity index (χ2v) is 6.73. The molecule has 124 valence electrons. The standard InChI is InChI=1S/C20H27NO2/c1-20(2,3)17-9-6-15(7-10-17)13-21-14-16-8-11-18(22-4)12-19(16)23-5/h6-12,21H,13-14H2,1-5H3. The molecular formula is C20H27NO2. The summed E-state index contributed by atoms with van der Waals surface area (Å²) in [6.07, 6.45) is 0. The lowest BCUT2D eigenvalue weighted by Crippen LogP contribution is -2.14. The van der Waals surface area contributed by atoms with Gasteiger partial charge in [0.1, 0.15) is 11.5 Å². The van der Waals surface area contributed by atoms with Crippen LogP contribution in [0.2, 0.25) is 0 Å². The van der Waals surface area contributed by atoms with Crippen molar-refractivity contribution in [1.82, 2.24) is 5.32 Å². The molecule has 3 heteroatoms. The van der Waals surface area contributed by atoms with Crippen LogP contribution in [0.1, 0.15) is 37.5 Å². The zero-order valence-corrected chi connectivity index (χ0v) is 14.8. The van der Waals surface area contributed by atoms with E-state index in [2.05, 4.69) is 50.4 Å². The van der Waals surface area contributed by atoms with Crippen LogP contribution in [0.15, 0.2) is 42.5 Å². The number of hydrogen-bond donors (Lipinski definition) is 1. The van der Waals surface area contributed by atoms with E-state index in [0.717, 1.165) is 30.2 Å². The molecule has 2 aromatic carbocycles. The Labute approximate surface area is 139 Å². The summed E-state index contributed by atoms with van der Waals surface area (Å²) in [6.45, 7) is 8.29. The molecule has 0 bridgehead atoms. The first-order valence-electron chi connectivity index (χ1n) is 7.95. The molecule has 23 heavy (non-hydrogen) atoms. The van der Waals surface area contributed by atoms with E-state index in [-0.39, 0.29) is 5.41 Å². The molecule has 0 heterocycles. The third-order valence-electron chi connectivity index (χ3n) is 3.96. The Kier molecular flexibility index (Phi) is 5.67. The third-order valence-corrected chi connectivity index (χ3v) is 3.96. The van der Waals surface area contributed by atoms with Gasteiger partial charge in [-0.15, -0.1) is 0 Å². The molecule has 0 aliphatic carbocycles. The average Bonchev–Trinajstić information content (AvgIpc) is 2.54. The van der Waals surface area contributed by atoms with Gasteiger partial charge in [0.25, 0.3) is 0 Å². The molecule has 2 rings (SSSR count). The van der Waals surface area contributed by atoms with Crippen molar-refractivity contribution in [2.75, 3.05) is 14.2 Å². The minimum Gasteiger partial charge on any atom is -0.497 e. The van der Waals surface area contributed by atoms with Gasteiger partial charge in [0.2, 0.25) is 0 Å². The van der Waals surface area contributed by atoms with Crippen LogP contribution in [0.5, 0.6) is 11.5 Å². The summed E-state index contributed by atoms with van der Waals surface area (Å²) in [7, 11) is 3.34. The lowest BCUT2D eigenvalue weighted by Gasteiger charge is -2.19. The van der Waals surface area contributed by atoms with Crippen molar-refractivity contribution >= 4 is 0 Å². The Hall–Kier alpha value is -2.00. The topological polar surface area (TPSA) is 30.5 Å². The van der Waals surface area contributed by atoms with E-state index in [4.69, 9.17) is 9.47 Å². The number of benzene rings is 2. The van der Waals surface area contributed by atoms with Crippen molar-refractivity contribution in [3.05, 3.63) is 59.2 Å². The van der Waals surface area contributed by atoms with E-state index >= 15 is 0 Å². The van der Waals surface area contributed by atoms with Crippen LogP contribution in [0, 0.1) is 0 Å². The zero-order chi connectivity index (χ0) is 16.9. The Morgan fingerprint density at radius 2 is 1.57 bits per heavy atom. The highest BCUT2D eigenvalue weighted by Gasteiger charge is 2.12. The molecule has 0 saturated carbocycles. The molecule has 2 aromatic rings. The number of ether oxygens (including phenoxy) is 2. The van der Waals surface area contributed by atoms with E-state index in [9.17, 15) is 0 Å². The second-order valence-electron chi connectivity index (χ2n) is 6.73. The Morgan fingerprint density at radius 1 is 0.870 bits per heavy atom. The highest BCUT2D eigenvalue weighted by atomic mass is 16.5. The minimum atomic E-state index is 0.197. The lowest BCUT2D eigenvalue weighted by atomic mass is 9.87. The van der Waals surface area contributed by atoms with Gasteiger partial charge >= 0.3 is 0 Å². The van der Waals surface area contributed by atoms with Gasteiger partial charge in [-0.1, -0.05) is 51.1 Å². The number of methoxy groups -OCH3 is 2. The smallest absolute Gasteiger partial charge is 0.127 e. The molecule has 0 radical (unpaired) electrons. The quantitative estimate of drug-likeness (QED) is 0.863. The highest BCUT2D eigenvalue weighted by molar-refractivity contribution is 5.40. The fourth-order valence-electron chi connectivity index (χ4n) is 2.46. The Morgan fingerprint density at radius 3 is 2.13 bits per heavy atom. The molecule has 0 aromatic heterocycles. The fraction of sp³-hybridized carbons (Fsp3) is 0.400. The van der Waals surface area contributed by atoms with Gasteiger partial charge in [-0.05, 0) is 22.6 Å². The van der Waals surface area contributed by atoms with Crippen molar-refractivity contribution in [1.29, 1.82) is 0 Å². The van der Waals surface area contributed by atoms with Gasteiger partial charge < -0.3 is 14.8 Å². The van der Waals surface area contributed by atoms with Gasteiger partial charge in [0, 0.05) is 24.7 Å². The first-order valence-corrected chi connectivity index (χ1v) is 7.95. The number of nitrogens with one attached hydrogen (secondary N) is 1. The molecule has 0 amide bonds. The van der Waals surface area contributed by atoms with Crippen molar-refractivity contribution in [2.24, 2.45) is 0 Å². The van der Waals surface area contributed by atoms with E-state index in [1.807, 2.05) is 18.2 Å². The predicted molar refractivity (Wildman–Crippen MR) is 95.2 cm³/mol. The first-order chi connectivity index (χ1) is 10.9. The summed E-state index contributed by atoms with van der Waals surface area (Å²) < 4.78 is 10.6. The van der Waals surface area contributed by atoms with Crippen molar-refractivity contribution in [2.45, 2.75) is 39.3 Å². The third kappa shape index (κ3) is 4.73. The Balaban J connectivity index is 1.95. The van der Waals surface area contributed by atoms with Gasteiger partial charge in [-0.3, -0.25) is 0 Å². The SMILES string of the molecule is COc1ccc(CNCc2ccc(C(C)(C)C)cc2)c(OC)c1. The molecule has 3 nitrogen and oxygen atoms in total. The van der Waals surface area contributed by atoms with Gasteiger partial charge in [0.05, 0.1) is 14.2 Å². The maximum Gasteiger partial charge on any atom is 0.127 e. The average molecular weight is 313 g/mol. The van der Waals surface area contributed by atoms with Crippen molar-refractivity contribution in [3.8, 4) is 11.5 Å². The summed E-state index contributed by atoms with van der Waals surface area (Å²) in [6, 6.07) is 14.7. The molecule has 0 spiro atoms. The monoisotopic (exact) mass is 313 g/mol. The predicted octanol–water partition coefficient (Wildman–Crippen LogP) is 4.29. The van der Waals surface area contributed by atoms with Crippen LogP contribution in [0.3, 0.4) is 0 Å². The molecule has 0 unspecified atom stereocenters. The van der Waals surface area contributed by atoms with Crippen LogP contribution in [0.4, 0.5) is 0 Å². The highest BCUT2D eigenvalue weighted by Crippen LogP contribution is 2.25. The molecule has 1 N–H and O–H groups in total. The zero-order valence-electron chi connectivity index (χ0n) is 14.8. The first kappa shape index (κ1) is 17.4. The molecule has 0 aliphatic heterocycles. The van der Waals surface area contributed by atoms with Gasteiger partial charge in [0.15, 0.2) is 0 Å². The number of rotatable bonds is 6. The maximum absolute atomic E-state index is 5.42. The van der Waals surface area contributed by atoms with Gasteiger partial charge in [-0.2, -0.15) is 0 Å². The minimum absolute atomic E-state index is 0.197. The summed E-state index contributed by atoms with van der Waals surface area (Å²) in [4.78, 5) is 0. The molecular weight excluding hydrogens is 286 g/mol. The summed E-state index contributed by atoms with van der Waals surface area (Å²) in [5.74, 6) is 1.66. The van der Waals surface area contributed by atoms with E-state index in [0.29, 0.717) is 0 Å². The second kappa shape index (κ2) is 7.51. The summed E-state index contributed by atoms with van der Waals surface area (Å²) in [5.41, 5.74) is 3.96. The molecule has 0 atom stereocenters. The van der Waals surface area contributed by atoms with Crippen LogP contribution >= 0.6 is 0 Å². The van der Waals surface area contributed by atoms with Crippen LogP contribution < -0.4 is 14.8 Å². The van der Waals surface area contributed by atoms with Crippen LogP contribution in [-0.2, 0) is 18.5 Å². The maximum atomic E-state index is 5.42. The molecule has 0 saturated heterocycles. The van der Waals surface area contributed by atoms with E-state index in [1.165, 1.54) is 11.1 Å². The largest absolute Gasteiger partial charge is 0.497 e. The molecule has 0 fully saturated rings. The van der Waals surface area contributed by atoms with Crippen molar-refractivity contribution < 1.29 is 9.47 Å². The van der Waals surface area contributed by atoms with Gasteiger partial charge in [-0.25, -0.2) is 0 Å². The summed E-state index contributed by atoms with van der Waals surface area (Å²) >= 11 is 0. The summed E-state index contributed by atoms with van der Waals surface area (Å²) in [5, 5.41) is 3.47. The van der Waals surface area contributed by atoms with E-state index < -0.39 is 0 Å². The number of hydrogen-bond acceptors (Lipinski definition) is 3.